The van der Waals surface area contributed by atoms with Gasteiger partial charge in [0.1, 0.15) is 0 Å². The Labute approximate surface area is 136 Å². The van der Waals surface area contributed by atoms with E-state index in [1.165, 1.54) is 11.2 Å². The Morgan fingerprint density at radius 2 is 1.78 bits per heavy atom. The van der Waals surface area contributed by atoms with Crippen LogP contribution in [0.1, 0.15) is 34.8 Å². The molecule has 23 heavy (non-hydrogen) atoms. The molecule has 0 saturated carbocycles. The molecule has 0 aliphatic carbocycles. The summed E-state index contributed by atoms with van der Waals surface area (Å²) >= 11 is 0. The maximum Gasteiger partial charge on any atom is 0.264 e. The summed E-state index contributed by atoms with van der Waals surface area (Å²) in [6.45, 7) is 3.85. The second-order valence-electron chi connectivity index (χ2n) is 5.89. The molecule has 0 unspecified atom stereocenters. The van der Waals surface area contributed by atoms with Gasteiger partial charge < -0.3 is 0 Å². The lowest BCUT2D eigenvalue weighted by Crippen LogP contribution is -2.35. The number of hydrogen-bond donors (Lipinski definition) is 0. The summed E-state index contributed by atoms with van der Waals surface area (Å²) in [7, 11) is -3.61. The summed E-state index contributed by atoms with van der Waals surface area (Å²) in [5.74, 6) is -0.0638. The molecule has 2 aromatic rings. The molecule has 4 nitrogen and oxygen atoms in total. The van der Waals surface area contributed by atoms with Gasteiger partial charge in [-0.15, -0.1) is 0 Å². The summed E-state index contributed by atoms with van der Waals surface area (Å²) < 4.78 is 27.4. The van der Waals surface area contributed by atoms with Crippen LogP contribution in [0, 0.1) is 6.92 Å². The van der Waals surface area contributed by atoms with Crippen LogP contribution in [0.15, 0.2) is 47.4 Å². The van der Waals surface area contributed by atoms with Crippen LogP contribution in [0.4, 0.5) is 5.69 Å². The third-order valence-electron chi connectivity index (χ3n) is 4.18. The van der Waals surface area contributed by atoms with Crippen molar-refractivity contribution in [3.63, 3.8) is 0 Å². The lowest BCUT2D eigenvalue weighted by Gasteiger charge is -2.31. The summed E-state index contributed by atoms with van der Waals surface area (Å²) in [6, 6.07) is 12.2. The largest absolute Gasteiger partial charge is 0.295 e. The molecule has 0 amide bonds. The molecule has 3 rings (SSSR count). The van der Waals surface area contributed by atoms with Crippen molar-refractivity contribution in [2.45, 2.75) is 31.6 Å². The van der Waals surface area contributed by atoms with E-state index >= 15 is 0 Å². The zero-order valence-corrected chi connectivity index (χ0v) is 14.1. The number of anilines is 1. The molecule has 0 atom stereocenters. The highest BCUT2D eigenvalue weighted by molar-refractivity contribution is 7.92. The number of fused-ring (bicyclic) bond motifs is 1. The zero-order chi connectivity index (χ0) is 16.6. The van der Waals surface area contributed by atoms with Crippen molar-refractivity contribution in [2.24, 2.45) is 0 Å². The predicted molar refractivity (Wildman–Crippen MR) is 90.5 cm³/mol. The van der Waals surface area contributed by atoms with Gasteiger partial charge in [0.25, 0.3) is 10.0 Å². The fraction of sp³-hybridized carbons (Fsp3) is 0.278. The van der Waals surface area contributed by atoms with E-state index in [0.717, 1.165) is 24.0 Å². The van der Waals surface area contributed by atoms with Crippen LogP contribution < -0.4 is 4.31 Å². The SMILES string of the molecule is CC(=O)c1ccc2c(c1)N(S(=O)(=O)c1ccc(C)cc1)CCC2. The zero-order valence-electron chi connectivity index (χ0n) is 13.2. The van der Waals surface area contributed by atoms with E-state index in [1.54, 1.807) is 36.4 Å². The first-order valence-electron chi connectivity index (χ1n) is 7.63. The van der Waals surface area contributed by atoms with Crippen LogP contribution in [-0.2, 0) is 16.4 Å². The first-order valence-corrected chi connectivity index (χ1v) is 9.07. The second-order valence-corrected chi connectivity index (χ2v) is 7.76. The lowest BCUT2D eigenvalue weighted by atomic mass is 10.00. The third-order valence-corrected chi connectivity index (χ3v) is 6.00. The Kier molecular flexibility index (Phi) is 3.98. The molecule has 0 saturated heterocycles. The van der Waals surface area contributed by atoms with Crippen molar-refractivity contribution in [2.75, 3.05) is 10.8 Å². The fourth-order valence-corrected chi connectivity index (χ4v) is 4.38. The molecule has 0 radical (unpaired) electrons. The molecule has 0 bridgehead atoms. The first-order chi connectivity index (χ1) is 10.9. The summed E-state index contributed by atoms with van der Waals surface area (Å²) in [5.41, 5.74) is 3.15. The first kappa shape index (κ1) is 15.7. The molecule has 1 aliphatic rings. The van der Waals surface area contributed by atoms with E-state index in [2.05, 4.69) is 0 Å². The van der Waals surface area contributed by atoms with Crippen molar-refractivity contribution in [3.8, 4) is 0 Å². The Morgan fingerprint density at radius 3 is 2.43 bits per heavy atom. The Bertz CT molecular complexity index is 854. The molecule has 5 heteroatoms. The van der Waals surface area contributed by atoms with E-state index in [4.69, 9.17) is 0 Å². The quantitative estimate of drug-likeness (QED) is 0.812. The summed E-state index contributed by atoms with van der Waals surface area (Å²) in [5, 5.41) is 0. The molecular formula is C18H19NO3S. The molecule has 120 valence electrons. The van der Waals surface area contributed by atoms with E-state index in [1.807, 2.05) is 13.0 Å². The summed E-state index contributed by atoms with van der Waals surface area (Å²) in [4.78, 5) is 11.9. The highest BCUT2D eigenvalue weighted by Crippen LogP contribution is 2.33. The lowest BCUT2D eigenvalue weighted by molar-refractivity contribution is 0.101. The van der Waals surface area contributed by atoms with Crippen molar-refractivity contribution in [1.82, 2.24) is 0 Å². The smallest absolute Gasteiger partial charge is 0.264 e. The number of carbonyl (C=O) groups is 1. The predicted octanol–water partition coefficient (Wildman–Crippen LogP) is 3.34. The molecule has 0 spiro atoms. The Hall–Kier alpha value is -2.14. The highest BCUT2D eigenvalue weighted by atomic mass is 32.2. The topological polar surface area (TPSA) is 54.5 Å². The number of nitrogens with zero attached hydrogens (tertiary/aromatic N) is 1. The van der Waals surface area contributed by atoms with Crippen molar-refractivity contribution >= 4 is 21.5 Å². The van der Waals surface area contributed by atoms with E-state index in [9.17, 15) is 13.2 Å². The Balaban J connectivity index is 2.10. The van der Waals surface area contributed by atoms with Crippen molar-refractivity contribution in [1.29, 1.82) is 0 Å². The van der Waals surface area contributed by atoms with Gasteiger partial charge >= 0.3 is 0 Å². The van der Waals surface area contributed by atoms with Gasteiger partial charge in [-0.1, -0.05) is 29.8 Å². The average Bonchev–Trinajstić information content (AvgIpc) is 2.54. The van der Waals surface area contributed by atoms with E-state index in [-0.39, 0.29) is 10.7 Å². The minimum atomic E-state index is -3.61. The molecule has 0 aromatic heterocycles. The van der Waals surface area contributed by atoms with E-state index in [0.29, 0.717) is 17.8 Å². The van der Waals surface area contributed by atoms with Crippen LogP contribution in [0.5, 0.6) is 0 Å². The number of carbonyl (C=O) groups excluding carboxylic acids is 1. The molecule has 1 heterocycles. The monoisotopic (exact) mass is 329 g/mol. The maximum atomic E-state index is 13.0. The molecular weight excluding hydrogens is 310 g/mol. The number of hydrogen-bond acceptors (Lipinski definition) is 3. The van der Waals surface area contributed by atoms with Gasteiger partial charge in [-0.05, 0) is 50.5 Å². The highest BCUT2D eigenvalue weighted by Gasteiger charge is 2.29. The number of rotatable bonds is 3. The summed E-state index contributed by atoms with van der Waals surface area (Å²) in [6.07, 6.45) is 1.60. The molecule has 2 aromatic carbocycles. The molecule has 1 aliphatic heterocycles. The number of ketones is 1. The standard InChI is InChI=1S/C18H19NO3S/c1-13-5-9-17(10-6-13)23(21,22)19-11-3-4-15-7-8-16(14(2)20)12-18(15)19/h5-10,12H,3-4,11H2,1-2H3. The van der Waals surface area contributed by atoms with Gasteiger partial charge in [-0.3, -0.25) is 9.10 Å². The van der Waals surface area contributed by atoms with Crippen LogP contribution in [0.25, 0.3) is 0 Å². The van der Waals surface area contributed by atoms with E-state index < -0.39 is 10.0 Å². The van der Waals surface area contributed by atoms with Crippen LogP contribution in [0.2, 0.25) is 0 Å². The maximum absolute atomic E-state index is 13.0. The molecule has 0 N–H and O–H groups in total. The minimum absolute atomic E-state index is 0.0638. The fourth-order valence-electron chi connectivity index (χ4n) is 2.85. The normalized spacial score (nSPS) is 14.4. The minimum Gasteiger partial charge on any atom is -0.295 e. The van der Waals surface area contributed by atoms with Gasteiger partial charge in [-0.2, -0.15) is 0 Å². The number of Topliss-reactive ketones (excluding diaryl/α,β-unsaturated/α-hetero) is 1. The average molecular weight is 329 g/mol. The van der Waals surface area contributed by atoms with Crippen LogP contribution in [-0.4, -0.2) is 20.7 Å². The van der Waals surface area contributed by atoms with Gasteiger partial charge in [-0.25, -0.2) is 8.42 Å². The van der Waals surface area contributed by atoms with Crippen LogP contribution >= 0.6 is 0 Å². The third kappa shape index (κ3) is 2.88. The van der Waals surface area contributed by atoms with Crippen LogP contribution in [0.3, 0.4) is 0 Å². The van der Waals surface area contributed by atoms with Crippen molar-refractivity contribution < 1.29 is 13.2 Å². The van der Waals surface area contributed by atoms with Gasteiger partial charge in [0.15, 0.2) is 5.78 Å². The van der Waals surface area contributed by atoms with Gasteiger partial charge in [0.2, 0.25) is 0 Å². The molecule has 0 fully saturated rings. The Morgan fingerprint density at radius 1 is 1.09 bits per heavy atom. The van der Waals surface area contributed by atoms with Crippen molar-refractivity contribution in [3.05, 3.63) is 59.2 Å². The number of sulfonamides is 1. The second kappa shape index (κ2) is 5.81. The number of aryl methyl sites for hydroxylation is 2. The van der Waals surface area contributed by atoms with Gasteiger partial charge in [0.05, 0.1) is 10.6 Å². The number of benzene rings is 2. The van der Waals surface area contributed by atoms with Gasteiger partial charge in [0, 0.05) is 12.1 Å².